The Morgan fingerprint density at radius 2 is 1.64 bits per heavy atom. The van der Waals surface area contributed by atoms with Gasteiger partial charge in [-0.05, 0) is 55.3 Å². The highest BCUT2D eigenvalue weighted by Crippen LogP contribution is 2.27. The van der Waals surface area contributed by atoms with Crippen LogP contribution in [0.2, 0.25) is 0 Å². The van der Waals surface area contributed by atoms with Crippen LogP contribution >= 0.6 is 0 Å². The number of amides is 1. The van der Waals surface area contributed by atoms with Crippen LogP contribution in [0.4, 0.5) is 5.69 Å². The predicted molar refractivity (Wildman–Crippen MR) is 137 cm³/mol. The summed E-state index contributed by atoms with van der Waals surface area (Å²) in [4.78, 5) is 41.6. The zero-order valence-electron chi connectivity index (χ0n) is 20.0. The number of para-hydroxylation sites is 1. The number of nitro groups is 1. The minimum absolute atomic E-state index is 0.0457. The van der Waals surface area contributed by atoms with Gasteiger partial charge in [0.2, 0.25) is 0 Å². The molecule has 0 N–H and O–H groups in total. The molecule has 180 valence electrons. The van der Waals surface area contributed by atoms with Crippen molar-refractivity contribution in [3.05, 3.63) is 106 Å². The monoisotopic (exact) mass is 481 g/mol. The van der Waals surface area contributed by atoms with Gasteiger partial charge in [-0.1, -0.05) is 36.4 Å². The van der Waals surface area contributed by atoms with Crippen LogP contribution in [0.25, 0.3) is 22.0 Å². The van der Waals surface area contributed by atoms with Crippen LogP contribution in [0, 0.1) is 10.1 Å². The third-order valence-corrected chi connectivity index (χ3v) is 5.95. The lowest BCUT2D eigenvalue weighted by atomic mass is 9.88. The van der Waals surface area contributed by atoms with E-state index >= 15 is 0 Å². The molecule has 0 aliphatic carbocycles. The van der Waals surface area contributed by atoms with Crippen molar-refractivity contribution < 1.29 is 19.2 Å². The predicted octanol–water partition coefficient (Wildman–Crippen LogP) is 5.52. The summed E-state index contributed by atoms with van der Waals surface area (Å²) in [5, 5.41) is 11.7. The van der Waals surface area contributed by atoms with Crippen molar-refractivity contribution in [3.63, 3.8) is 0 Å². The number of hydrogen-bond donors (Lipinski definition) is 0. The van der Waals surface area contributed by atoms with E-state index in [4.69, 9.17) is 4.74 Å². The van der Waals surface area contributed by atoms with Crippen LogP contribution in [-0.4, -0.2) is 35.1 Å². The minimum atomic E-state index is -0.723. The molecule has 0 bridgehead atoms. The number of methoxy groups -OCH3 is 1. The lowest BCUT2D eigenvalue weighted by Gasteiger charge is -2.21. The Balaban J connectivity index is 0.000000170. The van der Waals surface area contributed by atoms with Gasteiger partial charge in [-0.25, -0.2) is 4.99 Å². The van der Waals surface area contributed by atoms with Crippen molar-refractivity contribution in [1.29, 1.82) is 0 Å². The van der Waals surface area contributed by atoms with E-state index < -0.39 is 10.3 Å². The van der Waals surface area contributed by atoms with Crippen molar-refractivity contribution in [2.24, 2.45) is 4.99 Å². The standard InChI is InChI=1S/C14H8N2O3.C14H15NO2/c17-14-13-7-10(1-2-11(13)8-15-14)9-3-5-12(6-4-9)16(18)19;1-14(2,13(16)17-3)12-9-8-10-6-4-5-7-11(10)15-12/h1-8H;4-9H,1-3H3. The maximum Gasteiger partial charge on any atom is 0.317 e. The van der Waals surface area contributed by atoms with Gasteiger partial charge >= 0.3 is 5.97 Å². The number of ether oxygens (including phenoxy) is 1. The summed E-state index contributed by atoms with van der Waals surface area (Å²) in [6.45, 7) is 3.63. The van der Waals surface area contributed by atoms with Gasteiger partial charge in [0, 0.05) is 29.3 Å². The molecule has 0 radical (unpaired) electrons. The number of hydrogen-bond acceptors (Lipinski definition) is 6. The third kappa shape index (κ3) is 4.88. The maximum absolute atomic E-state index is 11.7. The molecule has 36 heavy (non-hydrogen) atoms. The van der Waals surface area contributed by atoms with Crippen molar-refractivity contribution in [3.8, 4) is 11.1 Å². The number of carbonyl (C=O) groups is 2. The Hall–Kier alpha value is -4.72. The van der Waals surface area contributed by atoms with Crippen molar-refractivity contribution in [2.75, 3.05) is 7.11 Å². The summed E-state index contributed by atoms with van der Waals surface area (Å²) in [6, 6.07) is 23.4. The molecule has 1 aromatic heterocycles. The van der Waals surface area contributed by atoms with E-state index in [9.17, 15) is 19.7 Å². The summed E-state index contributed by atoms with van der Waals surface area (Å²) < 4.78 is 4.80. The second kappa shape index (κ2) is 9.87. The van der Waals surface area contributed by atoms with Crippen LogP contribution in [-0.2, 0) is 14.9 Å². The molecule has 1 aliphatic heterocycles. The van der Waals surface area contributed by atoms with Gasteiger partial charge in [0.25, 0.3) is 11.6 Å². The normalized spacial score (nSPS) is 12.0. The molecular weight excluding hydrogens is 458 g/mol. The van der Waals surface area contributed by atoms with Gasteiger partial charge in [0.05, 0.1) is 28.8 Å². The molecule has 1 amide bonds. The zero-order chi connectivity index (χ0) is 25.9. The van der Waals surface area contributed by atoms with E-state index in [-0.39, 0.29) is 17.6 Å². The summed E-state index contributed by atoms with van der Waals surface area (Å²) in [5.41, 5.74) is 3.97. The molecule has 8 nitrogen and oxygen atoms in total. The molecule has 0 saturated heterocycles. The van der Waals surface area contributed by atoms with E-state index in [0.29, 0.717) is 5.56 Å². The smallest absolute Gasteiger partial charge is 0.317 e. The Labute approximate surface area is 207 Å². The second-order valence-electron chi connectivity index (χ2n) is 8.68. The summed E-state index contributed by atoms with van der Waals surface area (Å²) in [7, 11) is 1.39. The van der Waals surface area contributed by atoms with E-state index in [2.05, 4.69) is 9.98 Å². The average Bonchev–Trinajstić information content (AvgIpc) is 3.28. The number of aliphatic imine (C=N–C) groups is 1. The van der Waals surface area contributed by atoms with Crippen LogP contribution in [0.3, 0.4) is 0 Å². The molecule has 1 aliphatic rings. The van der Waals surface area contributed by atoms with E-state index in [1.54, 1.807) is 18.2 Å². The summed E-state index contributed by atoms with van der Waals surface area (Å²) >= 11 is 0. The van der Waals surface area contributed by atoms with Crippen LogP contribution in [0.1, 0.15) is 35.5 Å². The topological polar surface area (TPSA) is 112 Å². The van der Waals surface area contributed by atoms with Crippen LogP contribution in [0.15, 0.2) is 83.9 Å². The number of fused-ring (bicyclic) bond motifs is 2. The van der Waals surface area contributed by atoms with Crippen molar-refractivity contribution >= 4 is 34.7 Å². The maximum atomic E-state index is 11.7. The van der Waals surface area contributed by atoms with Gasteiger partial charge < -0.3 is 4.74 Å². The van der Waals surface area contributed by atoms with Gasteiger partial charge in [-0.3, -0.25) is 24.7 Å². The molecule has 4 aromatic rings. The van der Waals surface area contributed by atoms with Gasteiger partial charge in [-0.2, -0.15) is 0 Å². The number of rotatable bonds is 4. The van der Waals surface area contributed by atoms with E-state index in [0.717, 1.165) is 33.3 Å². The fourth-order valence-electron chi connectivity index (χ4n) is 3.78. The SMILES string of the molecule is COC(=O)C(C)(C)c1ccc2ccccc2n1.O=C1N=Cc2ccc(-c3ccc([N+](=O)[O-])cc3)cc21. The summed E-state index contributed by atoms with van der Waals surface area (Å²) in [6.07, 6.45) is 1.54. The molecule has 3 aromatic carbocycles. The first-order valence-electron chi connectivity index (χ1n) is 11.1. The Kier molecular flexibility index (Phi) is 6.69. The number of benzene rings is 3. The largest absolute Gasteiger partial charge is 0.468 e. The molecule has 2 heterocycles. The van der Waals surface area contributed by atoms with E-state index in [1.165, 1.54) is 25.5 Å². The number of pyridine rings is 1. The fourth-order valence-corrected chi connectivity index (χ4v) is 3.78. The molecule has 0 fully saturated rings. The fraction of sp³-hybridized carbons (Fsp3) is 0.143. The first kappa shape index (κ1) is 24.4. The van der Waals surface area contributed by atoms with Crippen LogP contribution < -0.4 is 0 Å². The number of non-ortho nitro benzene ring substituents is 1. The molecular formula is C28H23N3O5. The molecule has 0 saturated carbocycles. The Bertz CT molecular complexity index is 1510. The number of aromatic nitrogens is 1. The molecule has 0 spiro atoms. The highest BCUT2D eigenvalue weighted by atomic mass is 16.6. The van der Waals surface area contributed by atoms with E-state index in [1.807, 2.05) is 62.4 Å². The lowest BCUT2D eigenvalue weighted by molar-refractivity contribution is -0.384. The quantitative estimate of drug-likeness (QED) is 0.216. The van der Waals surface area contributed by atoms with Gasteiger partial charge in [0.1, 0.15) is 5.41 Å². The molecule has 0 atom stereocenters. The Morgan fingerprint density at radius 1 is 0.944 bits per heavy atom. The van der Waals surface area contributed by atoms with Gasteiger partial charge in [0.15, 0.2) is 0 Å². The van der Waals surface area contributed by atoms with Crippen molar-refractivity contribution in [2.45, 2.75) is 19.3 Å². The summed E-state index contributed by atoms with van der Waals surface area (Å²) in [5.74, 6) is -0.529. The van der Waals surface area contributed by atoms with Crippen LogP contribution in [0.5, 0.6) is 0 Å². The third-order valence-electron chi connectivity index (χ3n) is 5.95. The average molecular weight is 482 g/mol. The zero-order valence-corrected chi connectivity index (χ0v) is 20.0. The first-order valence-corrected chi connectivity index (χ1v) is 11.1. The molecule has 0 unspecified atom stereocenters. The Morgan fingerprint density at radius 3 is 2.33 bits per heavy atom. The van der Waals surface area contributed by atoms with Crippen molar-refractivity contribution in [1.82, 2.24) is 4.98 Å². The number of nitro benzene ring substituents is 1. The number of carbonyl (C=O) groups excluding carboxylic acids is 2. The molecule has 5 rings (SSSR count). The number of esters is 1. The first-order chi connectivity index (χ1) is 17.2. The molecule has 8 heteroatoms. The second-order valence-corrected chi connectivity index (χ2v) is 8.68. The number of nitrogens with zero attached hydrogens (tertiary/aromatic N) is 3. The van der Waals surface area contributed by atoms with Gasteiger partial charge in [-0.15, -0.1) is 0 Å². The highest BCUT2D eigenvalue weighted by Gasteiger charge is 2.32. The minimum Gasteiger partial charge on any atom is -0.468 e. The lowest BCUT2D eigenvalue weighted by Crippen LogP contribution is -2.31. The highest BCUT2D eigenvalue weighted by molar-refractivity contribution is 6.13.